The number of nitrogens with zero attached hydrogens (tertiary/aromatic N) is 2. The summed E-state index contributed by atoms with van der Waals surface area (Å²) in [7, 11) is 0. The van der Waals surface area contributed by atoms with Gasteiger partial charge in [0.2, 0.25) is 0 Å². The van der Waals surface area contributed by atoms with Crippen LogP contribution in [-0.2, 0) is 6.61 Å². The van der Waals surface area contributed by atoms with Crippen molar-refractivity contribution in [3.8, 4) is 11.4 Å². The minimum absolute atomic E-state index is 0.333. The van der Waals surface area contributed by atoms with Gasteiger partial charge in [0.15, 0.2) is 0 Å². The minimum Gasteiger partial charge on any atom is -0.487 e. The Kier molecular flexibility index (Phi) is 4.57. The molecule has 0 aliphatic rings. The molecule has 0 aliphatic carbocycles. The van der Waals surface area contributed by atoms with E-state index in [1.54, 1.807) is 30.7 Å². The second-order valence-electron chi connectivity index (χ2n) is 4.61. The summed E-state index contributed by atoms with van der Waals surface area (Å²) in [6, 6.07) is 10.7. The first-order valence-corrected chi connectivity index (χ1v) is 7.61. The Bertz CT molecular complexity index is 788. The van der Waals surface area contributed by atoms with Crippen molar-refractivity contribution < 1.29 is 4.74 Å². The van der Waals surface area contributed by atoms with Gasteiger partial charge in [0.1, 0.15) is 12.4 Å². The molecule has 1 aromatic heterocycles. The molecular weight excluding hydrogens is 343 g/mol. The normalized spacial score (nSPS) is 10.7. The van der Waals surface area contributed by atoms with Gasteiger partial charge < -0.3 is 9.30 Å². The minimum atomic E-state index is 0.333. The van der Waals surface area contributed by atoms with Crippen molar-refractivity contribution >= 4 is 34.8 Å². The number of rotatable bonds is 4. The fourth-order valence-corrected chi connectivity index (χ4v) is 2.64. The van der Waals surface area contributed by atoms with Gasteiger partial charge in [0, 0.05) is 33.0 Å². The monoisotopic (exact) mass is 352 g/mol. The fraction of sp³-hybridized carbons (Fsp3) is 0.0625. The molecule has 0 saturated heterocycles. The van der Waals surface area contributed by atoms with E-state index in [9.17, 15) is 0 Å². The van der Waals surface area contributed by atoms with E-state index in [-0.39, 0.29) is 0 Å². The molecule has 3 rings (SSSR count). The molecule has 112 valence electrons. The molecule has 2 aromatic carbocycles. The lowest BCUT2D eigenvalue weighted by Gasteiger charge is -2.13. The van der Waals surface area contributed by atoms with E-state index in [4.69, 9.17) is 39.5 Å². The Balaban J connectivity index is 1.86. The van der Waals surface area contributed by atoms with Crippen molar-refractivity contribution in [2.45, 2.75) is 6.61 Å². The smallest absolute Gasteiger partial charge is 0.143 e. The van der Waals surface area contributed by atoms with Gasteiger partial charge in [0.25, 0.3) is 0 Å². The van der Waals surface area contributed by atoms with Crippen molar-refractivity contribution in [2.75, 3.05) is 0 Å². The van der Waals surface area contributed by atoms with Gasteiger partial charge in [-0.15, -0.1) is 0 Å². The summed E-state index contributed by atoms with van der Waals surface area (Å²) in [5, 5.41) is 1.80. The second kappa shape index (κ2) is 6.61. The van der Waals surface area contributed by atoms with Gasteiger partial charge in [0.05, 0.1) is 12.0 Å². The lowest BCUT2D eigenvalue weighted by Crippen LogP contribution is -2.01. The van der Waals surface area contributed by atoms with Gasteiger partial charge >= 0.3 is 0 Å². The van der Waals surface area contributed by atoms with Crippen LogP contribution < -0.4 is 4.74 Å². The molecule has 0 bridgehead atoms. The average Bonchev–Trinajstić information content (AvgIpc) is 3.01. The standard InChI is InChI=1S/C16H11Cl3N2O/c17-12-2-1-11(14(19)7-12)9-22-16-4-3-13(18)8-15(16)21-6-5-20-10-21/h1-8,10H,9H2. The van der Waals surface area contributed by atoms with Gasteiger partial charge in [-0.05, 0) is 30.3 Å². The Labute approximate surface area is 143 Å². The summed E-state index contributed by atoms with van der Waals surface area (Å²) in [4.78, 5) is 4.04. The maximum Gasteiger partial charge on any atom is 0.143 e. The number of hydrogen-bond donors (Lipinski definition) is 0. The summed E-state index contributed by atoms with van der Waals surface area (Å²) in [6.45, 7) is 0.333. The number of benzene rings is 2. The largest absolute Gasteiger partial charge is 0.487 e. The van der Waals surface area contributed by atoms with Crippen LogP contribution in [0.15, 0.2) is 55.1 Å². The molecule has 0 spiro atoms. The molecule has 3 nitrogen and oxygen atoms in total. The van der Waals surface area contributed by atoms with Crippen molar-refractivity contribution in [2.24, 2.45) is 0 Å². The summed E-state index contributed by atoms with van der Waals surface area (Å²) in [5.74, 6) is 0.688. The van der Waals surface area contributed by atoms with E-state index in [2.05, 4.69) is 4.98 Å². The first kappa shape index (κ1) is 15.2. The van der Waals surface area contributed by atoms with Crippen LogP contribution in [0.4, 0.5) is 0 Å². The van der Waals surface area contributed by atoms with Crippen molar-refractivity contribution in [3.05, 3.63) is 75.8 Å². The molecular formula is C16H11Cl3N2O. The van der Waals surface area contributed by atoms with Gasteiger partial charge in [-0.25, -0.2) is 4.98 Å². The van der Waals surface area contributed by atoms with Crippen LogP contribution in [0.3, 0.4) is 0 Å². The van der Waals surface area contributed by atoms with E-state index < -0.39 is 0 Å². The highest BCUT2D eigenvalue weighted by atomic mass is 35.5. The Morgan fingerprint density at radius 2 is 1.77 bits per heavy atom. The summed E-state index contributed by atoms with van der Waals surface area (Å²) < 4.78 is 7.73. The van der Waals surface area contributed by atoms with Crippen LogP contribution >= 0.6 is 34.8 Å². The Morgan fingerprint density at radius 3 is 2.50 bits per heavy atom. The summed E-state index contributed by atoms with van der Waals surface area (Å²) in [5.41, 5.74) is 1.67. The Hall–Kier alpha value is -1.68. The molecule has 0 fully saturated rings. The number of halogens is 3. The maximum atomic E-state index is 6.16. The van der Waals surface area contributed by atoms with Crippen molar-refractivity contribution in [1.29, 1.82) is 0 Å². The highest BCUT2D eigenvalue weighted by Crippen LogP contribution is 2.28. The molecule has 0 atom stereocenters. The predicted molar refractivity (Wildman–Crippen MR) is 89.4 cm³/mol. The molecule has 0 amide bonds. The van der Waals surface area contributed by atoms with Crippen LogP contribution in [0.2, 0.25) is 15.1 Å². The van der Waals surface area contributed by atoms with E-state index in [0.717, 1.165) is 11.3 Å². The lowest BCUT2D eigenvalue weighted by atomic mass is 10.2. The molecule has 22 heavy (non-hydrogen) atoms. The molecule has 0 unspecified atom stereocenters. The highest BCUT2D eigenvalue weighted by Gasteiger charge is 2.09. The molecule has 0 N–H and O–H groups in total. The van der Waals surface area contributed by atoms with E-state index in [1.165, 1.54) is 0 Å². The number of hydrogen-bond acceptors (Lipinski definition) is 2. The average molecular weight is 354 g/mol. The molecule has 6 heteroatoms. The van der Waals surface area contributed by atoms with Gasteiger partial charge in [-0.2, -0.15) is 0 Å². The molecule has 3 aromatic rings. The van der Waals surface area contributed by atoms with Crippen LogP contribution in [-0.4, -0.2) is 9.55 Å². The van der Waals surface area contributed by atoms with Crippen LogP contribution in [0.1, 0.15) is 5.56 Å². The van der Waals surface area contributed by atoms with Crippen molar-refractivity contribution in [1.82, 2.24) is 9.55 Å². The zero-order valence-corrected chi connectivity index (χ0v) is 13.6. The molecule has 0 saturated carbocycles. The second-order valence-corrected chi connectivity index (χ2v) is 5.89. The lowest BCUT2D eigenvalue weighted by molar-refractivity contribution is 0.305. The SMILES string of the molecule is Clc1ccc(COc2ccc(Cl)cc2-n2ccnc2)c(Cl)c1. The van der Waals surface area contributed by atoms with Crippen LogP contribution in [0.5, 0.6) is 5.75 Å². The van der Waals surface area contributed by atoms with Gasteiger partial charge in [-0.3, -0.25) is 0 Å². The first-order valence-electron chi connectivity index (χ1n) is 6.48. The number of aromatic nitrogens is 2. The predicted octanol–water partition coefficient (Wildman–Crippen LogP) is 5.41. The summed E-state index contributed by atoms with van der Waals surface area (Å²) >= 11 is 18.1. The van der Waals surface area contributed by atoms with E-state index >= 15 is 0 Å². The van der Waals surface area contributed by atoms with Crippen LogP contribution in [0, 0.1) is 0 Å². The van der Waals surface area contributed by atoms with Crippen LogP contribution in [0.25, 0.3) is 5.69 Å². The third-order valence-corrected chi connectivity index (χ3v) is 3.92. The quantitative estimate of drug-likeness (QED) is 0.627. The first-order chi connectivity index (χ1) is 10.6. The number of ether oxygens (including phenoxy) is 1. The molecule has 0 radical (unpaired) electrons. The van der Waals surface area contributed by atoms with E-state index in [0.29, 0.717) is 27.4 Å². The fourth-order valence-electron chi connectivity index (χ4n) is 2.01. The third-order valence-electron chi connectivity index (χ3n) is 3.10. The van der Waals surface area contributed by atoms with Crippen molar-refractivity contribution in [3.63, 3.8) is 0 Å². The topological polar surface area (TPSA) is 27.1 Å². The molecule has 0 aliphatic heterocycles. The van der Waals surface area contributed by atoms with Gasteiger partial charge in [-0.1, -0.05) is 40.9 Å². The zero-order chi connectivity index (χ0) is 15.5. The number of imidazole rings is 1. The zero-order valence-electron chi connectivity index (χ0n) is 11.3. The highest BCUT2D eigenvalue weighted by molar-refractivity contribution is 6.35. The Morgan fingerprint density at radius 1 is 1.00 bits per heavy atom. The maximum absolute atomic E-state index is 6.16. The molecule has 1 heterocycles. The summed E-state index contributed by atoms with van der Waals surface area (Å²) in [6.07, 6.45) is 5.21. The van der Waals surface area contributed by atoms with E-state index in [1.807, 2.05) is 29.0 Å². The third kappa shape index (κ3) is 3.38.